The highest BCUT2D eigenvalue weighted by Gasteiger charge is 2.59. The summed E-state index contributed by atoms with van der Waals surface area (Å²) in [5, 5.41) is 9.31. The lowest BCUT2D eigenvalue weighted by atomic mass is 10.1. The number of nitrogens with two attached hydrogens (primary N) is 1. The Labute approximate surface area is 160 Å². The first-order valence-electron chi connectivity index (χ1n) is 8.87. The average Bonchev–Trinajstić information content (AvgIpc) is 3.53. The molecule has 0 amide bonds. The molecule has 3 heterocycles. The van der Waals surface area contributed by atoms with Gasteiger partial charge in [-0.3, -0.25) is 4.79 Å². The highest BCUT2D eigenvalue weighted by molar-refractivity contribution is 5.92. The Balaban J connectivity index is 0.00000180. The summed E-state index contributed by atoms with van der Waals surface area (Å²) in [6.07, 6.45) is 4.22. The van der Waals surface area contributed by atoms with Crippen molar-refractivity contribution >= 4 is 35.2 Å². The lowest BCUT2D eigenvalue weighted by Crippen LogP contribution is -2.30. The normalized spacial score (nSPS) is 26.0. The number of carboxylic acid groups (broad SMARTS) is 1. The number of piperidine rings is 1. The Kier molecular flexibility index (Phi) is 3.98. The molecule has 7 nitrogen and oxygen atoms in total. The lowest BCUT2D eigenvalue weighted by molar-refractivity contribution is 0.0695. The maximum absolute atomic E-state index is 14.8. The molecule has 2 saturated carbocycles. The number of pyridine rings is 2. The number of fused-ring (bicyclic) bond motifs is 2. The molecule has 2 aromatic heterocycles. The van der Waals surface area contributed by atoms with Crippen LogP contribution >= 0.6 is 12.4 Å². The molecule has 3 N–H and O–H groups in total. The van der Waals surface area contributed by atoms with E-state index in [2.05, 4.69) is 4.98 Å². The largest absolute Gasteiger partial charge is 0.477 e. The van der Waals surface area contributed by atoms with Gasteiger partial charge in [0.25, 0.3) is 0 Å². The van der Waals surface area contributed by atoms with E-state index in [-0.39, 0.29) is 40.6 Å². The minimum Gasteiger partial charge on any atom is -0.477 e. The van der Waals surface area contributed by atoms with Crippen LogP contribution in [0.5, 0.6) is 0 Å². The topological polar surface area (TPSA) is 101 Å². The van der Waals surface area contributed by atoms with Gasteiger partial charge in [-0.25, -0.2) is 14.2 Å². The number of anilines is 1. The minimum atomic E-state index is -1.31. The Morgan fingerprint density at radius 3 is 2.78 bits per heavy atom. The second kappa shape index (κ2) is 5.90. The fourth-order valence-electron chi connectivity index (χ4n) is 4.31. The summed E-state index contributed by atoms with van der Waals surface area (Å²) in [7, 11) is 0. The Bertz CT molecular complexity index is 1020. The summed E-state index contributed by atoms with van der Waals surface area (Å²) >= 11 is 0. The van der Waals surface area contributed by atoms with E-state index in [1.807, 2.05) is 4.90 Å². The van der Waals surface area contributed by atoms with Crippen LogP contribution < -0.4 is 16.1 Å². The molecular formula is C18H20ClFN4O3. The summed E-state index contributed by atoms with van der Waals surface area (Å²) < 4.78 is 16.5. The molecule has 1 saturated heterocycles. The molecule has 0 aromatic carbocycles. The fraction of sp³-hybridized carbons (Fsp3) is 0.500. The van der Waals surface area contributed by atoms with Gasteiger partial charge in [-0.1, -0.05) is 0 Å². The van der Waals surface area contributed by atoms with Crippen molar-refractivity contribution in [2.75, 3.05) is 24.5 Å². The van der Waals surface area contributed by atoms with Crippen LogP contribution in [0.1, 0.15) is 35.7 Å². The van der Waals surface area contributed by atoms with Gasteiger partial charge in [0.1, 0.15) is 11.2 Å². The van der Waals surface area contributed by atoms with E-state index >= 15 is 0 Å². The van der Waals surface area contributed by atoms with Crippen LogP contribution in [0, 0.1) is 17.2 Å². The van der Waals surface area contributed by atoms with Crippen molar-refractivity contribution in [1.29, 1.82) is 0 Å². The Morgan fingerprint density at radius 2 is 2.19 bits per heavy atom. The lowest BCUT2D eigenvalue weighted by Gasteiger charge is -2.23. The van der Waals surface area contributed by atoms with Gasteiger partial charge in [-0.15, -0.1) is 12.4 Å². The molecule has 9 heteroatoms. The molecule has 1 aliphatic heterocycles. The van der Waals surface area contributed by atoms with E-state index in [9.17, 15) is 19.1 Å². The first-order valence-corrected chi connectivity index (χ1v) is 8.87. The summed E-state index contributed by atoms with van der Waals surface area (Å²) in [4.78, 5) is 30.2. The van der Waals surface area contributed by atoms with Crippen LogP contribution in [0.15, 0.2) is 17.1 Å². The van der Waals surface area contributed by atoms with Crippen molar-refractivity contribution in [1.82, 2.24) is 9.55 Å². The molecule has 0 radical (unpaired) electrons. The van der Waals surface area contributed by atoms with Crippen LogP contribution in [0.25, 0.3) is 11.0 Å². The quantitative estimate of drug-likeness (QED) is 0.819. The first-order chi connectivity index (χ1) is 12.4. The van der Waals surface area contributed by atoms with Crippen molar-refractivity contribution in [3.05, 3.63) is 33.9 Å². The standard InChI is InChI=1S/C18H19FN4O3.ClH/c19-13-3-11-14(24)12(17(25)26)6-23(10-1-2-10)15(11)21-16(13)22-5-9-4-18(9,7-20)8-22;/h3,6,9-10H,1-2,4-5,7-8,20H2,(H,25,26);1H. The molecule has 2 aliphatic carbocycles. The summed E-state index contributed by atoms with van der Waals surface area (Å²) in [5.41, 5.74) is 5.28. The predicted octanol–water partition coefficient (Wildman–Crippen LogP) is 1.78. The number of nitrogens with zero attached hydrogens (tertiary/aromatic N) is 3. The van der Waals surface area contributed by atoms with Crippen LogP contribution in [0.2, 0.25) is 0 Å². The number of hydrogen-bond acceptors (Lipinski definition) is 5. The number of carboxylic acids is 1. The van der Waals surface area contributed by atoms with Gasteiger partial charge in [0.15, 0.2) is 11.6 Å². The minimum absolute atomic E-state index is 0. The third-order valence-electron chi connectivity index (χ3n) is 6.12. The number of aromatic nitrogens is 2. The monoisotopic (exact) mass is 394 g/mol. The van der Waals surface area contributed by atoms with Gasteiger partial charge >= 0.3 is 5.97 Å². The van der Waals surface area contributed by atoms with Gasteiger partial charge in [-0.05, 0) is 37.8 Å². The number of hydrogen-bond donors (Lipinski definition) is 2. The fourth-order valence-corrected chi connectivity index (χ4v) is 4.31. The van der Waals surface area contributed by atoms with Crippen molar-refractivity contribution in [3.63, 3.8) is 0 Å². The van der Waals surface area contributed by atoms with E-state index < -0.39 is 17.2 Å². The van der Waals surface area contributed by atoms with Gasteiger partial charge in [0.05, 0.1) is 5.39 Å². The molecule has 27 heavy (non-hydrogen) atoms. The first kappa shape index (κ1) is 18.2. The van der Waals surface area contributed by atoms with E-state index in [0.29, 0.717) is 31.2 Å². The van der Waals surface area contributed by atoms with Crippen molar-refractivity contribution in [2.45, 2.75) is 25.3 Å². The zero-order chi connectivity index (χ0) is 18.2. The summed E-state index contributed by atoms with van der Waals surface area (Å²) in [5.74, 6) is -1.19. The van der Waals surface area contributed by atoms with E-state index in [1.54, 1.807) is 4.57 Å². The van der Waals surface area contributed by atoms with Gasteiger partial charge in [-0.2, -0.15) is 0 Å². The average molecular weight is 395 g/mol. The molecule has 0 bridgehead atoms. The maximum atomic E-state index is 14.8. The third kappa shape index (κ3) is 2.62. The van der Waals surface area contributed by atoms with Crippen molar-refractivity contribution in [3.8, 4) is 0 Å². The SMILES string of the molecule is Cl.NCC12CC1CN(c1nc3c(cc1F)c(=O)c(C(=O)O)cn3C1CC1)C2. The molecule has 3 aliphatic rings. The number of halogens is 2. The molecule has 2 aromatic rings. The Hall–Kier alpha value is -2.19. The molecule has 144 valence electrons. The summed E-state index contributed by atoms with van der Waals surface area (Å²) in [6, 6.07) is 1.26. The predicted molar refractivity (Wildman–Crippen MR) is 100 cm³/mol. The van der Waals surface area contributed by atoms with E-state index in [4.69, 9.17) is 5.73 Å². The van der Waals surface area contributed by atoms with Crippen LogP contribution in [-0.2, 0) is 0 Å². The van der Waals surface area contributed by atoms with E-state index in [1.165, 1.54) is 6.20 Å². The maximum Gasteiger partial charge on any atom is 0.341 e. The smallest absolute Gasteiger partial charge is 0.341 e. The van der Waals surface area contributed by atoms with Gasteiger partial charge < -0.3 is 20.3 Å². The highest BCUT2D eigenvalue weighted by Crippen LogP contribution is 2.57. The van der Waals surface area contributed by atoms with Gasteiger partial charge in [0, 0.05) is 30.7 Å². The highest BCUT2D eigenvalue weighted by atomic mass is 35.5. The zero-order valence-corrected chi connectivity index (χ0v) is 15.3. The van der Waals surface area contributed by atoms with Gasteiger partial charge in [0.2, 0.25) is 5.43 Å². The van der Waals surface area contributed by atoms with Crippen LogP contribution in [0.3, 0.4) is 0 Å². The van der Waals surface area contributed by atoms with Crippen molar-refractivity contribution < 1.29 is 14.3 Å². The molecule has 0 spiro atoms. The second-order valence-corrected chi connectivity index (χ2v) is 7.83. The molecule has 2 atom stereocenters. The molecule has 2 unspecified atom stereocenters. The number of aromatic carboxylic acids is 1. The van der Waals surface area contributed by atoms with Crippen LogP contribution in [-0.4, -0.2) is 40.3 Å². The zero-order valence-electron chi connectivity index (χ0n) is 14.5. The third-order valence-corrected chi connectivity index (χ3v) is 6.12. The molecule has 3 fully saturated rings. The number of rotatable bonds is 4. The number of carbonyl (C=O) groups is 1. The molecule has 5 rings (SSSR count). The van der Waals surface area contributed by atoms with Crippen LogP contribution in [0.4, 0.5) is 10.2 Å². The van der Waals surface area contributed by atoms with Crippen molar-refractivity contribution in [2.24, 2.45) is 17.1 Å². The summed E-state index contributed by atoms with van der Waals surface area (Å²) in [6.45, 7) is 1.97. The Morgan fingerprint density at radius 1 is 1.44 bits per heavy atom. The molecular weight excluding hydrogens is 375 g/mol. The second-order valence-electron chi connectivity index (χ2n) is 7.83. The van der Waals surface area contributed by atoms with E-state index in [0.717, 1.165) is 25.3 Å².